The van der Waals surface area contributed by atoms with Crippen molar-refractivity contribution < 1.29 is 61.8 Å². The van der Waals surface area contributed by atoms with E-state index in [2.05, 4.69) is 0 Å². The van der Waals surface area contributed by atoms with Crippen molar-refractivity contribution in [2.45, 2.75) is 48.7 Å². The maximum absolute atomic E-state index is 14.3. The van der Waals surface area contributed by atoms with Crippen LogP contribution in [0.4, 0.5) is 43.9 Å². The van der Waals surface area contributed by atoms with Gasteiger partial charge in [-0.2, -0.15) is 8.78 Å². The lowest BCUT2D eigenvalue weighted by atomic mass is 9.95. The molecule has 0 bridgehead atoms. The molecule has 0 aliphatic rings. The van der Waals surface area contributed by atoms with E-state index >= 15 is 0 Å². The molecule has 0 atom stereocenters. The second kappa shape index (κ2) is 11.6. The van der Waals surface area contributed by atoms with E-state index in [-0.39, 0.29) is 21.1 Å². The minimum absolute atomic E-state index is 0.0875. The normalized spacial score (nSPS) is 12.4. The van der Waals surface area contributed by atoms with Crippen LogP contribution in [0.1, 0.15) is 38.8 Å². The number of halogens is 10. The Morgan fingerprint density at radius 1 is 0.467 bits per heavy atom. The minimum Gasteiger partial charge on any atom is -0.483 e. The van der Waals surface area contributed by atoms with Crippen LogP contribution >= 0.6 is 0 Å². The van der Waals surface area contributed by atoms with Crippen molar-refractivity contribution in [3.63, 3.8) is 0 Å². The number of sulfone groups is 1. The maximum atomic E-state index is 14.3. The summed E-state index contributed by atoms with van der Waals surface area (Å²) in [5, 5.41) is 0. The van der Waals surface area contributed by atoms with Crippen LogP contribution in [0.3, 0.4) is 0 Å². The van der Waals surface area contributed by atoms with E-state index in [0.717, 1.165) is 50.2 Å². The zero-order chi connectivity index (χ0) is 33.8. The van der Waals surface area contributed by atoms with E-state index in [1.807, 2.05) is 0 Å². The van der Waals surface area contributed by atoms with Crippen molar-refractivity contribution in [2.24, 2.45) is 0 Å². The van der Waals surface area contributed by atoms with E-state index in [0.29, 0.717) is 0 Å². The summed E-state index contributed by atoms with van der Waals surface area (Å²) >= 11 is 0. The smallest absolute Gasteiger partial charge is 0.207 e. The standard InChI is InChI=1S/C30H20F10O4S/c1-29(2,44-28-26(39)24(37)23(36)25(38)27(28)40)13-5-9-15(10-6-13)45(41,42)16-11-7-14(8-12-16)43-30(3,4)17-18(31)20(33)22(35)21(34)19(17)32/h5-12H,1-4H3. The van der Waals surface area contributed by atoms with E-state index in [4.69, 9.17) is 9.47 Å². The Morgan fingerprint density at radius 2 is 0.822 bits per heavy atom. The molecule has 0 radical (unpaired) electrons. The molecule has 0 unspecified atom stereocenters. The number of hydrogen-bond donors (Lipinski definition) is 0. The fourth-order valence-electron chi connectivity index (χ4n) is 4.33. The molecule has 0 aliphatic heterocycles. The molecule has 0 fully saturated rings. The molecule has 0 N–H and O–H groups in total. The second-order valence-corrected chi connectivity index (χ2v) is 12.5. The number of ether oxygens (including phenoxy) is 2. The summed E-state index contributed by atoms with van der Waals surface area (Å²) < 4.78 is 175. The van der Waals surface area contributed by atoms with Gasteiger partial charge in [0.2, 0.25) is 44.7 Å². The molecule has 0 aromatic heterocycles. The highest BCUT2D eigenvalue weighted by atomic mass is 32.2. The topological polar surface area (TPSA) is 52.6 Å². The van der Waals surface area contributed by atoms with Crippen LogP contribution in [0.5, 0.6) is 11.5 Å². The summed E-state index contributed by atoms with van der Waals surface area (Å²) in [4.78, 5) is -0.609. The zero-order valence-corrected chi connectivity index (χ0v) is 24.3. The fraction of sp³-hybridized carbons (Fsp3) is 0.200. The van der Waals surface area contributed by atoms with Crippen LogP contribution in [-0.2, 0) is 21.0 Å². The van der Waals surface area contributed by atoms with Crippen molar-refractivity contribution in [1.82, 2.24) is 0 Å². The highest BCUT2D eigenvalue weighted by molar-refractivity contribution is 7.91. The maximum Gasteiger partial charge on any atom is 0.207 e. The van der Waals surface area contributed by atoms with E-state index in [1.54, 1.807) is 0 Å². The van der Waals surface area contributed by atoms with Crippen molar-refractivity contribution in [3.05, 3.63) is 118 Å². The average Bonchev–Trinajstić information content (AvgIpc) is 2.99. The predicted octanol–water partition coefficient (Wildman–Crippen LogP) is 8.54. The highest BCUT2D eigenvalue weighted by Crippen LogP contribution is 2.37. The monoisotopic (exact) mass is 666 g/mol. The first-order valence-corrected chi connectivity index (χ1v) is 14.1. The Balaban J connectivity index is 1.57. The molecule has 0 aliphatic carbocycles. The fourth-order valence-corrected chi connectivity index (χ4v) is 5.59. The van der Waals surface area contributed by atoms with E-state index in [9.17, 15) is 52.3 Å². The van der Waals surface area contributed by atoms with Gasteiger partial charge in [-0.3, -0.25) is 0 Å². The molecule has 45 heavy (non-hydrogen) atoms. The summed E-state index contributed by atoms with van der Waals surface area (Å²) in [7, 11) is -4.25. The Morgan fingerprint density at radius 3 is 1.24 bits per heavy atom. The first-order chi connectivity index (χ1) is 20.7. The van der Waals surface area contributed by atoms with Gasteiger partial charge in [-0.05, 0) is 69.7 Å². The predicted molar refractivity (Wildman–Crippen MR) is 138 cm³/mol. The van der Waals surface area contributed by atoms with Gasteiger partial charge >= 0.3 is 0 Å². The van der Waals surface area contributed by atoms with Gasteiger partial charge in [0.25, 0.3) is 0 Å². The minimum atomic E-state index is -4.25. The first kappa shape index (κ1) is 33.6. The quantitative estimate of drug-likeness (QED) is 0.108. The van der Waals surface area contributed by atoms with E-state index < -0.39 is 90.5 Å². The van der Waals surface area contributed by atoms with Crippen LogP contribution in [0, 0.1) is 58.2 Å². The Labute approximate surface area is 249 Å². The Bertz CT molecular complexity index is 1850. The lowest BCUT2D eigenvalue weighted by Crippen LogP contribution is -2.30. The van der Waals surface area contributed by atoms with Gasteiger partial charge in [0.05, 0.1) is 15.4 Å². The summed E-state index contributed by atoms with van der Waals surface area (Å²) in [6, 6.07) is 8.79. The molecule has 4 aromatic carbocycles. The molecule has 0 amide bonds. The van der Waals surface area contributed by atoms with Crippen LogP contribution in [0.15, 0.2) is 58.3 Å². The third kappa shape index (κ3) is 5.92. The third-order valence-corrected chi connectivity index (χ3v) is 8.49. The number of rotatable bonds is 8. The van der Waals surface area contributed by atoms with Crippen molar-refractivity contribution >= 4 is 9.84 Å². The van der Waals surface area contributed by atoms with E-state index in [1.165, 1.54) is 26.0 Å². The van der Waals surface area contributed by atoms with Crippen molar-refractivity contribution in [2.75, 3.05) is 0 Å². The lowest BCUT2D eigenvalue weighted by Gasteiger charge is -2.28. The molecule has 0 heterocycles. The van der Waals surface area contributed by atoms with Gasteiger partial charge in [0.1, 0.15) is 17.0 Å². The van der Waals surface area contributed by atoms with Crippen molar-refractivity contribution in [3.8, 4) is 11.5 Å². The molecular weight excluding hydrogens is 646 g/mol. The molecule has 240 valence electrons. The summed E-state index contributed by atoms with van der Waals surface area (Å²) in [6.45, 7) is 4.55. The molecule has 4 rings (SSSR count). The van der Waals surface area contributed by atoms with Gasteiger partial charge in [-0.25, -0.2) is 43.5 Å². The largest absolute Gasteiger partial charge is 0.483 e. The second-order valence-electron chi connectivity index (χ2n) is 10.6. The lowest BCUT2D eigenvalue weighted by molar-refractivity contribution is 0.0923. The van der Waals surface area contributed by atoms with Gasteiger partial charge in [0.15, 0.2) is 29.0 Å². The molecule has 0 saturated carbocycles. The highest BCUT2D eigenvalue weighted by Gasteiger charge is 2.37. The number of hydrogen-bond acceptors (Lipinski definition) is 4. The molecular formula is C30H20F10O4S. The van der Waals surface area contributed by atoms with Gasteiger partial charge in [-0.15, -0.1) is 0 Å². The Kier molecular flexibility index (Phi) is 8.65. The van der Waals surface area contributed by atoms with Gasteiger partial charge in [-0.1, -0.05) is 12.1 Å². The molecule has 15 heteroatoms. The molecule has 4 nitrogen and oxygen atoms in total. The molecule has 0 saturated heterocycles. The SMILES string of the molecule is CC(C)(Oc1c(F)c(F)c(F)c(F)c1F)c1ccc(S(=O)(=O)c2ccc(OC(C)(C)c3c(F)c(F)c(F)c(F)c3F)cc2)cc1. The van der Waals surface area contributed by atoms with Crippen molar-refractivity contribution in [1.29, 1.82) is 0 Å². The summed E-state index contributed by atoms with van der Waals surface area (Å²) in [5.74, 6) is -23.8. The third-order valence-electron chi connectivity index (χ3n) is 6.71. The average molecular weight is 667 g/mol. The Hall–Kier alpha value is -4.27. The summed E-state index contributed by atoms with van der Waals surface area (Å²) in [5.41, 5.74) is -4.99. The molecule has 4 aromatic rings. The van der Waals surface area contributed by atoms with Crippen LogP contribution in [-0.4, -0.2) is 8.42 Å². The van der Waals surface area contributed by atoms with Crippen LogP contribution in [0.2, 0.25) is 0 Å². The van der Waals surface area contributed by atoms with Gasteiger partial charge < -0.3 is 9.47 Å². The molecule has 0 spiro atoms. The van der Waals surface area contributed by atoms with Crippen LogP contribution in [0.25, 0.3) is 0 Å². The van der Waals surface area contributed by atoms with Gasteiger partial charge in [0, 0.05) is 0 Å². The first-order valence-electron chi connectivity index (χ1n) is 12.6. The zero-order valence-electron chi connectivity index (χ0n) is 23.4. The summed E-state index contributed by atoms with van der Waals surface area (Å²) in [6.07, 6.45) is 0. The van der Waals surface area contributed by atoms with Crippen LogP contribution < -0.4 is 9.47 Å². The number of benzene rings is 4.